The summed E-state index contributed by atoms with van der Waals surface area (Å²) in [6.45, 7) is 0. The van der Waals surface area contributed by atoms with Crippen molar-refractivity contribution in [3.05, 3.63) is 22.7 Å². The highest BCUT2D eigenvalue weighted by molar-refractivity contribution is 14.1. The minimum atomic E-state index is -4.36. The molecule has 8 heteroatoms. The van der Waals surface area contributed by atoms with E-state index in [9.17, 15) is 13.2 Å². The minimum Gasteiger partial charge on any atom is -0.324 e. The molecule has 0 spiro atoms. The summed E-state index contributed by atoms with van der Waals surface area (Å²) >= 11 is 4.93. The van der Waals surface area contributed by atoms with E-state index in [4.69, 9.17) is 4.55 Å². The van der Waals surface area contributed by atoms with Crippen LogP contribution in [0, 0.1) is 0 Å². The van der Waals surface area contributed by atoms with Gasteiger partial charge in [-0.05, 0) is 18.2 Å². The molecule has 0 aromatic heterocycles. The molecule has 1 aromatic carbocycles. The number of nitrogens with one attached hydrogen (secondary N) is 1. The Labute approximate surface area is 115 Å². The van der Waals surface area contributed by atoms with Gasteiger partial charge in [-0.15, -0.1) is 0 Å². The van der Waals surface area contributed by atoms with E-state index < -0.39 is 10.1 Å². The Balaban J connectivity index is 3.24. The van der Waals surface area contributed by atoms with Crippen molar-refractivity contribution in [1.29, 1.82) is 0 Å². The predicted octanol–water partition coefficient (Wildman–Crippen LogP) is 2.07. The summed E-state index contributed by atoms with van der Waals surface area (Å²) in [4.78, 5) is 10.8. The van der Waals surface area contributed by atoms with Gasteiger partial charge in [-0.25, -0.2) is 0 Å². The molecule has 1 amide bonds. The third-order valence-corrected chi connectivity index (χ3v) is 3.70. The van der Waals surface area contributed by atoms with Gasteiger partial charge < -0.3 is 5.32 Å². The summed E-state index contributed by atoms with van der Waals surface area (Å²) in [5.41, 5.74) is 0.0624. The van der Waals surface area contributed by atoms with Gasteiger partial charge in [0.1, 0.15) is 4.90 Å². The quantitative estimate of drug-likeness (QED) is 0.446. The van der Waals surface area contributed by atoms with Crippen LogP contribution >= 0.6 is 38.5 Å². The van der Waals surface area contributed by atoms with Crippen molar-refractivity contribution in [1.82, 2.24) is 0 Å². The second kappa shape index (κ2) is 5.43. The van der Waals surface area contributed by atoms with Gasteiger partial charge in [0.15, 0.2) is 0 Å². The Morgan fingerprint density at radius 1 is 1.50 bits per heavy atom. The fourth-order valence-corrected chi connectivity index (χ4v) is 2.37. The monoisotopic (exact) mass is 419 g/mol. The first kappa shape index (κ1) is 13.9. The van der Waals surface area contributed by atoms with Crippen LogP contribution in [-0.2, 0) is 14.9 Å². The van der Waals surface area contributed by atoms with Crippen LogP contribution in [0.4, 0.5) is 5.69 Å². The van der Waals surface area contributed by atoms with Crippen molar-refractivity contribution >= 4 is 60.2 Å². The van der Waals surface area contributed by atoms with E-state index >= 15 is 0 Å². The van der Waals surface area contributed by atoms with E-state index in [-0.39, 0.29) is 20.9 Å². The molecule has 0 aliphatic rings. The number of carbonyl (C=O) groups is 1. The van der Waals surface area contributed by atoms with E-state index in [1.807, 2.05) is 22.6 Å². The molecule has 0 unspecified atom stereocenters. The van der Waals surface area contributed by atoms with Crippen LogP contribution in [0.2, 0.25) is 0 Å². The molecule has 0 saturated heterocycles. The number of benzene rings is 1. The summed E-state index contributed by atoms with van der Waals surface area (Å²) in [7, 11) is -4.36. The molecule has 88 valence electrons. The van der Waals surface area contributed by atoms with E-state index in [0.717, 1.165) is 0 Å². The van der Waals surface area contributed by atoms with E-state index in [2.05, 4.69) is 21.2 Å². The number of rotatable bonds is 3. The van der Waals surface area contributed by atoms with Crippen LogP contribution in [0.5, 0.6) is 0 Å². The molecular formula is C8H7BrINO4S. The molecule has 0 fully saturated rings. The average molecular weight is 420 g/mol. The van der Waals surface area contributed by atoms with E-state index in [0.29, 0.717) is 4.47 Å². The van der Waals surface area contributed by atoms with E-state index in [1.165, 1.54) is 12.1 Å². The second-order valence-corrected chi connectivity index (χ2v) is 5.87. The summed E-state index contributed by atoms with van der Waals surface area (Å²) in [6, 6.07) is 4.19. The Morgan fingerprint density at radius 2 is 2.12 bits per heavy atom. The SMILES string of the molecule is O=C(CI)Nc1ccc(Br)cc1S(=O)(=O)O. The zero-order valence-electron chi connectivity index (χ0n) is 7.78. The Hall–Kier alpha value is -0.190. The lowest BCUT2D eigenvalue weighted by Gasteiger charge is -2.08. The lowest BCUT2D eigenvalue weighted by molar-refractivity contribution is -0.113. The topological polar surface area (TPSA) is 83.5 Å². The fraction of sp³-hybridized carbons (Fsp3) is 0.125. The molecule has 1 aromatic rings. The standard InChI is InChI=1S/C8H7BrINO4S/c9-5-1-2-6(11-8(12)4-10)7(3-5)16(13,14)15/h1-3H,4H2,(H,11,12)(H,13,14,15). The number of halogens is 2. The maximum atomic E-state index is 11.1. The molecule has 0 atom stereocenters. The summed E-state index contributed by atoms with van der Waals surface area (Å²) in [5, 5.41) is 2.39. The van der Waals surface area contributed by atoms with Crippen molar-refractivity contribution in [2.24, 2.45) is 0 Å². The van der Waals surface area contributed by atoms with Crippen LogP contribution in [0.1, 0.15) is 0 Å². The highest BCUT2D eigenvalue weighted by Gasteiger charge is 2.17. The van der Waals surface area contributed by atoms with Crippen molar-refractivity contribution in [2.75, 3.05) is 9.74 Å². The van der Waals surface area contributed by atoms with Gasteiger partial charge in [0.05, 0.1) is 10.1 Å². The zero-order chi connectivity index (χ0) is 12.3. The summed E-state index contributed by atoms with van der Waals surface area (Å²) < 4.78 is 31.8. The predicted molar refractivity (Wildman–Crippen MR) is 71.5 cm³/mol. The number of amides is 1. The molecule has 5 nitrogen and oxygen atoms in total. The number of carbonyl (C=O) groups excluding carboxylic acids is 1. The average Bonchev–Trinajstić information content (AvgIpc) is 2.19. The maximum absolute atomic E-state index is 11.1. The van der Waals surface area contributed by atoms with Crippen LogP contribution in [0.25, 0.3) is 0 Å². The largest absolute Gasteiger partial charge is 0.324 e. The van der Waals surface area contributed by atoms with Crippen LogP contribution in [0.3, 0.4) is 0 Å². The van der Waals surface area contributed by atoms with Crippen LogP contribution in [0.15, 0.2) is 27.6 Å². The number of hydrogen-bond donors (Lipinski definition) is 2. The van der Waals surface area contributed by atoms with Gasteiger partial charge in [0, 0.05) is 4.47 Å². The third kappa shape index (κ3) is 3.68. The molecule has 1 rings (SSSR count). The molecule has 16 heavy (non-hydrogen) atoms. The highest BCUT2D eigenvalue weighted by atomic mass is 127. The van der Waals surface area contributed by atoms with Crippen molar-refractivity contribution in [3.63, 3.8) is 0 Å². The van der Waals surface area contributed by atoms with Crippen molar-refractivity contribution < 1.29 is 17.8 Å². The van der Waals surface area contributed by atoms with Crippen LogP contribution in [-0.4, -0.2) is 23.3 Å². The number of alkyl halides is 1. The lowest BCUT2D eigenvalue weighted by Crippen LogP contribution is -2.15. The molecule has 0 aliphatic carbocycles. The van der Waals surface area contributed by atoms with E-state index in [1.54, 1.807) is 6.07 Å². The first-order valence-electron chi connectivity index (χ1n) is 3.97. The molecule has 0 heterocycles. The molecule has 0 aliphatic heterocycles. The summed E-state index contributed by atoms with van der Waals surface area (Å²) in [5.74, 6) is -0.340. The van der Waals surface area contributed by atoms with Gasteiger partial charge in [0.25, 0.3) is 10.1 Å². The molecule has 0 saturated carbocycles. The summed E-state index contributed by atoms with van der Waals surface area (Å²) in [6.07, 6.45) is 0. The molecule has 0 bridgehead atoms. The van der Waals surface area contributed by atoms with Crippen LogP contribution < -0.4 is 5.32 Å². The zero-order valence-corrected chi connectivity index (χ0v) is 12.3. The number of anilines is 1. The lowest BCUT2D eigenvalue weighted by atomic mass is 10.3. The van der Waals surface area contributed by atoms with Gasteiger partial charge >= 0.3 is 0 Å². The fourth-order valence-electron chi connectivity index (χ4n) is 0.996. The van der Waals surface area contributed by atoms with Crippen molar-refractivity contribution in [3.8, 4) is 0 Å². The third-order valence-electron chi connectivity index (χ3n) is 1.62. The minimum absolute atomic E-state index is 0.0624. The second-order valence-electron chi connectivity index (χ2n) is 2.80. The first-order chi connectivity index (χ1) is 7.34. The normalized spacial score (nSPS) is 11.2. The Morgan fingerprint density at radius 3 is 2.62 bits per heavy atom. The maximum Gasteiger partial charge on any atom is 0.296 e. The molecule has 2 N–H and O–H groups in total. The van der Waals surface area contributed by atoms with Crippen molar-refractivity contribution in [2.45, 2.75) is 4.90 Å². The van der Waals surface area contributed by atoms with Gasteiger partial charge in [0.2, 0.25) is 5.91 Å². The van der Waals surface area contributed by atoms with Gasteiger partial charge in [-0.1, -0.05) is 38.5 Å². The smallest absolute Gasteiger partial charge is 0.296 e. The molecular weight excluding hydrogens is 413 g/mol. The van der Waals surface area contributed by atoms with Gasteiger partial charge in [-0.3, -0.25) is 9.35 Å². The first-order valence-corrected chi connectivity index (χ1v) is 7.73. The highest BCUT2D eigenvalue weighted by Crippen LogP contribution is 2.25. The number of hydrogen-bond acceptors (Lipinski definition) is 3. The Bertz CT molecular complexity index is 517. The molecule has 0 radical (unpaired) electrons. The Kier molecular flexibility index (Phi) is 4.71. The van der Waals surface area contributed by atoms with Gasteiger partial charge in [-0.2, -0.15) is 8.42 Å².